The largest absolute Gasteiger partial charge is 0.353 e. The summed E-state index contributed by atoms with van der Waals surface area (Å²) in [6.45, 7) is 6.44. The third kappa shape index (κ3) is 3.06. The van der Waals surface area contributed by atoms with E-state index in [-0.39, 0.29) is 5.91 Å². The van der Waals surface area contributed by atoms with Crippen LogP contribution in [0.25, 0.3) is 10.1 Å². The number of aromatic nitrogens is 3. The van der Waals surface area contributed by atoms with Crippen LogP contribution < -0.4 is 4.90 Å². The number of hydrogen-bond donors (Lipinski definition) is 0. The minimum absolute atomic E-state index is 0.0782. The monoisotopic (exact) mass is 396 g/mol. The maximum Gasteiger partial charge on any atom is 0.274 e. The minimum atomic E-state index is 0.0782. The van der Waals surface area contributed by atoms with Crippen molar-refractivity contribution in [3.05, 3.63) is 42.0 Å². The van der Waals surface area contributed by atoms with Gasteiger partial charge in [0.25, 0.3) is 5.91 Å². The zero-order valence-electron chi connectivity index (χ0n) is 16.0. The molecule has 0 saturated carbocycles. The van der Waals surface area contributed by atoms with Gasteiger partial charge < -0.3 is 14.4 Å². The number of imidazole rings is 1. The molecule has 2 aliphatic rings. The van der Waals surface area contributed by atoms with Crippen LogP contribution >= 0.6 is 11.5 Å². The number of carbonyl (C=O) groups excluding carboxylic acids is 1. The predicted octanol–water partition coefficient (Wildman–Crippen LogP) is 1.85. The van der Waals surface area contributed by atoms with E-state index in [4.69, 9.17) is 0 Å². The number of aryl methyl sites for hydroxylation is 1. The smallest absolute Gasteiger partial charge is 0.274 e. The van der Waals surface area contributed by atoms with Gasteiger partial charge in [-0.05, 0) is 23.7 Å². The van der Waals surface area contributed by atoms with E-state index in [1.165, 1.54) is 10.1 Å². The van der Waals surface area contributed by atoms with Gasteiger partial charge in [0.15, 0.2) is 0 Å². The maximum atomic E-state index is 12.7. The molecule has 1 amide bonds. The number of amides is 1. The quantitative estimate of drug-likeness (QED) is 0.674. The highest BCUT2D eigenvalue weighted by Gasteiger charge is 2.28. The molecule has 1 aromatic carbocycles. The Labute approximate surface area is 168 Å². The Kier molecular flexibility index (Phi) is 4.52. The number of piperazine rings is 1. The fourth-order valence-electron chi connectivity index (χ4n) is 4.18. The van der Waals surface area contributed by atoms with Crippen LogP contribution in [0.2, 0.25) is 0 Å². The third-order valence-electron chi connectivity index (χ3n) is 5.88. The summed E-state index contributed by atoms with van der Waals surface area (Å²) in [5.74, 6) is 1.20. The molecule has 4 heterocycles. The van der Waals surface area contributed by atoms with Crippen molar-refractivity contribution in [2.45, 2.75) is 6.42 Å². The Hall–Kier alpha value is -2.45. The summed E-state index contributed by atoms with van der Waals surface area (Å²) in [7, 11) is 1.96. The van der Waals surface area contributed by atoms with Crippen LogP contribution in [0.5, 0.6) is 0 Å². The molecule has 0 radical (unpaired) electrons. The van der Waals surface area contributed by atoms with Gasteiger partial charge in [-0.1, -0.05) is 12.1 Å². The van der Waals surface area contributed by atoms with Gasteiger partial charge in [-0.15, -0.1) is 0 Å². The van der Waals surface area contributed by atoms with Crippen molar-refractivity contribution in [1.82, 2.24) is 23.7 Å². The molecule has 0 unspecified atom stereocenters. The predicted molar refractivity (Wildman–Crippen MR) is 111 cm³/mol. The lowest BCUT2D eigenvalue weighted by Gasteiger charge is -2.36. The standard InChI is InChI=1S/C20H24N6OS/c1-23-14-21-18-16(23)6-7-26(20(18)27)13-10-24-8-11-25(12-9-24)19-15-4-2-3-5-17(15)28-22-19/h2-5,14H,6-13H2,1H3. The van der Waals surface area contributed by atoms with Crippen LogP contribution in [0.4, 0.5) is 5.82 Å². The van der Waals surface area contributed by atoms with Gasteiger partial charge in [0.05, 0.1) is 16.7 Å². The second-order valence-corrected chi connectivity index (χ2v) is 8.33. The van der Waals surface area contributed by atoms with Crippen molar-refractivity contribution < 1.29 is 4.79 Å². The fraction of sp³-hybridized carbons (Fsp3) is 0.450. The molecule has 2 aliphatic heterocycles. The Bertz CT molecular complexity index is 1000. The number of benzene rings is 1. The summed E-state index contributed by atoms with van der Waals surface area (Å²) in [4.78, 5) is 23.7. The summed E-state index contributed by atoms with van der Waals surface area (Å²) >= 11 is 1.58. The van der Waals surface area contributed by atoms with Crippen molar-refractivity contribution in [2.75, 3.05) is 50.7 Å². The number of anilines is 1. The summed E-state index contributed by atoms with van der Waals surface area (Å²) < 4.78 is 7.90. The molecule has 2 aromatic heterocycles. The molecule has 8 heteroatoms. The minimum Gasteiger partial charge on any atom is -0.353 e. The van der Waals surface area contributed by atoms with Crippen LogP contribution in [0, 0.1) is 0 Å². The first kappa shape index (κ1) is 17.6. The average molecular weight is 397 g/mol. The fourth-order valence-corrected chi connectivity index (χ4v) is 4.98. The Balaban J connectivity index is 1.17. The van der Waals surface area contributed by atoms with Gasteiger partial charge in [0, 0.05) is 64.7 Å². The van der Waals surface area contributed by atoms with E-state index in [0.717, 1.165) is 63.7 Å². The van der Waals surface area contributed by atoms with Gasteiger partial charge in [-0.2, -0.15) is 4.37 Å². The highest BCUT2D eigenvalue weighted by atomic mass is 32.1. The van der Waals surface area contributed by atoms with E-state index in [1.54, 1.807) is 17.9 Å². The lowest BCUT2D eigenvalue weighted by molar-refractivity contribution is 0.0709. The van der Waals surface area contributed by atoms with Gasteiger partial charge >= 0.3 is 0 Å². The lowest BCUT2D eigenvalue weighted by Crippen LogP contribution is -2.50. The zero-order chi connectivity index (χ0) is 19.1. The highest BCUT2D eigenvalue weighted by molar-refractivity contribution is 7.13. The summed E-state index contributed by atoms with van der Waals surface area (Å²) in [5.41, 5.74) is 1.69. The van der Waals surface area contributed by atoms with Crippen molar-refractivity contribution in [3.63, 3.8) is 0 Å². The number of fused-ring (bicyclic) bond motifs is 2. The molecule has 146 valence electrons. The zero-order valence-corrected chi connectivity index (χ0v) is 16.9. The van der Waals surface area contributed by atoms with Crippen molar-refractivity contribution in [2.24, 2.45) is 7.05 Å². The van der Waals surface area contributed by atoms with Gasteiger partial charge in [0.1, 0.15) is 11.5 Å². The number of carbonyl (C=O) groups is 1. The normalized spacial score (nSPS) is 18.1. The Morgan fingerprint density at radius 3 is 2.75 bits per heavy atom. The van der Waals surface area contributed by atoms with E-state index in [2.05, 4.69) is 43.4 Å². The maximum absolute atomic E-state index is 12.7. The van der Waals surface area contributed by atoms with Crippen molar-refractivity contribution >= 4 is 33.3 Å². The second-order valence-electron chi connectivity index (χ2n) is 7.52. The van der Waals surface area contributed by atoms with Gasteiger partial charge in [-0.3, -0.25) is 9.69 Å². The molecule has 28 heavy (non-hydrogen) atoms. The molecule has 0 atom stereocenters. The first-order chi connectivity index (χ1) is 13.7. The number of rotatable bonds is 4. The van der Waals surface area contributed by atoms with E-state index < -0.39 is 0 Å². The average Bonchev–Trinajstić information content (AvgIpc) is 3.32. The SMILES string of the molecule is Cn1cnc2c1CCN(CCN1CCN(c3nsc4ccccc34)CC1)C2=O. The number of nitrogens with zero attached hydrogens (tertiary/aromatic N) is 6. The van der Waals surface area contributed by atoms with E-state index in [0.29, 0.717) is 5.69 Å². The summed E-state index contributed by atoms with van der Waals surface area (Å²) in [5, 5.41) is 1.26. The van der Waals surface area contributed by atoms with Gasteiger partial charge in [0.2, 0.25) is 0 Å². The number of hydrogen-bond acceptors (Lipinski definition) is 6. The molecule has 1 fully saturated rings. The van der Waals surface area contributed by atoms with E-state index >= 15 is 0 Å². The topological polar surface area (TPSA) is 57.5 Å². The summed E-state index contributed by atoms with van der Waals surface area (Å²) in [6.07, 6.45) is 2.63. The van der Waals surface area contributed by atoms with Crippen LogP contribution in [0.1, 0.15) is 16.2 Å². The molecule has 0 N–H and O–H groups in total. The first-order valence-electron chi connectivity index (χ1n) is 9.82. The first-order valence-corrected chi connectivity index (χ1v) is 10.6. The Morgan fingerprint density at radius 1 is 1.07 bits per heavy atom. The van der Waals surface area contributed by atoms with E-state index in [9.17, 15) is 4.79 Å². The molecule has 7 nitrogen and oxygen atoms in total. The summed E-state index contributed by atoms with van der Waals surface area (Å²) in [6, 6.07) is 8.45. The van der Waals surface area contributed by atoms with Crippen LogP contribution in [-0.2, 0) is 13.5 Å². The van der Waals surface area contributed by atoms with E-state index in [1.807, 2.05) is 16.5 Å². The molecule has 0 spiro atoms. The molecule has 3 aromatic rings. The molecule has 1 saturated heterocycles. The lowest BCUT2D eigenvalue weighted by atomic mass is 10.1. The molecular formula is C20H24N6OS. The second kappa shape index (κ2) is 7.18. The highest BCUT2D eigenvalue weighted by Crippen LogP contribution is 2.29. The molecule has 0 bridgehead atoms. The van der Waals surface area contributed by atoms with Crippen molar-refractivity contribution in [1.29, 1.82) is 0 Å². The van der Waals surface area contributed by atoms with Crippen LogP contribution in [0.15, 0.2) is 30.6 Å². The van der Waals surface area contributed by atoms with Crippen LogP contribution in [-0.4, -0.2) is 75.4 Å². The third-order valence-corrected chi connectivity index (χ3v) is 6.70. The van der Waals surface area contributed by atoms with Crippen molar-refractivity contribution in [3.8, 4) is 0 Å². The molecule has 5 rings (SSSR count). The van der Waals surface area contributed by atoms with Crippen LogP contribution in [0.3, 0.4) is 0 Å². The Morgan fingerprint density at radius 2 is 1.89 bits per heavy atom. The van der Waals surface area contributed by atoms with Gasteiger partial charge in [-0.25, -0.2) is 4.98 Å². The molecule has 0 aliphatic carbocycles. The molecular weight excluding hydrogens is 372 g/mol.